The third-order valence-electron chi connectivity index (χ3n) is 2.12. The first-order valence-electron chi connectivity index (χ1n) is 5.10. The smallest absolute Gasteiger partial charge is 0.296 e. The fraction of sp³-hybridized carbons (Fsp3) is 0.300. The lowest BCUT2D eigenvalue weighted by molar-refractivity contribution is -0.129. The van der Waals surface area contributed by atoms with Gasteiger partial charge in [-0.15, -0.1) is 0 Å². The molecule has 2 aromatic rings. The summed E-state index contributed by atoms with van der Waals surface area (Å²) in [6.07, 6.45) is -2.45. The Balaban J connectivity index is 2.18. The van der Waals surface area contributed by atoms with Gasteiger partial charge in [0.05, 0.1) is 13.5 Å². The SMILES string of the molecule is COc1cc(-c2noc(CC(=O)C(F)F)n2)ncn1. The minimum Gasteiger partial charge on any atom is -0.481 e. The van der Waals surface area contributed by atoms with E-state index < -0.39 is 18.6 Å². The number of Topliss-reactive ketones (excluding diaryl/α,β-unsaturated/α-hetero) is 1. The summed E-state index contributed by atoms with van der Waals surface area (Å²) in [5, 5.41) is 3.55. The van der Waals surface area contributed by atoms with E-state index in [1.54, 1.807) is 0 Å². The highest BCUT2D eigenvalue weighted by atomic mass is 19.3. The number of nitrogens with zero attached hydrogens (tertiary/aromatic N) is 4. The lowest BCUT2D eigenvalue weighted by Crippen LogP contribution is -2.12. The fourth-order valence-corrected chi connectivity index (χ4v) is 1.23. The Labute approximate surface area is 105 Å². The molecule has 0 aliphatic heterocycles. The third kappa shape index (κ3) is 3.06. The topological polar surface area (TPSA) is 91.0 Å². The molecular formula is C10H8F2N4O3. The third-order valence-corrected chi connectivity index (χ3v) is 2.12. The van der Waals surface area contributed by atoms with Crippen LogP contribution < -0.4 is 4.74 Å². The van der Waals surface area contributed by atoms with Gasteiger partial charge in [-0.1, -0.05) is 5.16 Å². The predicted octanol–water partition coefficient (Wildman–Crippen LogP) is 0.912. The minimum atomic E-state index is -3.06. The van der Waals surface area contributed by atoms with Crippen molar-refractivity contribution in [1.29, 1.82) is 0 Å². The zero-order valence-corrected chi connectivity index (χ0v) is 9.71. The Morgan fingerprint density at radius 2 is 2.26 bits per heavy atom. The quantitative estimate of drug-likeness (QED) is 0.797. The summed E-state index contributed by atoms with van der Waals surface area (Å²) >= 11 is 0. The van der Waals surface area contributed by atoms with Crippen molar-refractivity contribution in [2.75, 3.05) is 7.11 Å². The molecule has 0 bridgehead atoms. The van der Waals surface area contributed by atoms with Crippen molar-refractivity contribution in [2.24, 2.45) is 0 Å². The van der Waals surface area contributed by atoms with Crippen molar-refractivity contribution in [1.82, 2.24) is 20.1 Å². The molecule has 7 nitrogen and oxygen atoms in total. The van der Waals surface area contributed by atoms with Crippen LogP contribution in [-0.2, 0) is 11.2 Å². The number of hydrogen-bond donors (Lipinski definition) is 0. The molecule has 100 valence electrons. The molecule has 2 heterocycles. The summed E-state index contributed by atoms with van der Waals surface area (Å²) in [5.41, 5.74) is 0.298. The molecule has 0 amide bonds. The van der Waals surface area contributed by atoms with Crippen molar-refractivity contribution < 1.29 is 22.8 Å². The number of ketones is 1. The second-order valence-corrected chi connectivity index (χ2v) is 3.40. The lowest BCUT2D eigenvalue weighted by atomic mass is 10.3. The molecule has 2 aromatic heterocycles. The average Bonchev–Trinajstić information content (AvgIpc) is 2.87. The highest BCUT2D eigenvalue weighted by Gasteiger charge is 2.20. The largest absolute Gasteiger partial charge is 0.481 e. The van der Waals surface area contributed by atoms with Crippen molar-refractivity contribution in [3.8, 4) is 17.4 Å². The normalized spacial score (nSPS) is 10.7. The number of halogens is 2. The highest BCUT2D eigenvalue weighted by molar-refractivity contribution is 5.82. The molecule has 0 fully saturated rings. The first-order valence-corrected chi connectivity index (χ1v) is 5.10. The maximum Gasteiger partial charge on any atom is 0.296 e. The van der Waals surface area contributed by atoms with Gasteiger partial charge in [0.1, 0.15) is 12.0 Å². The van der Waals surface area contributed by atoms with Crippen LogP contribution in [0.25, 0.3) is 11.5 Å². The van der Waals surface area contributed by atoms with Gasteiger partial charge in [-0.3, -0.25) is 4.79 Å². The summed E-state index contributed by atoms with van der Waals surface area (Å²) in [6, 6.07) is 1.45. The standard InChI is InChI=1S/C10H8F2N4O3/c1-18-7-2-5(13-4-14-7)10-15-8(19-16-10)3-6(17)9(11)12/h2,4,9H,3H2,1H3. The minimum absolute atomic E-state index is 0.0674. The Hall–Kier alpha value is -2.45. The van der Waals surface area contributed by atoms with Crippen LogP contribution in [0.1, 0.15) is 5.89 Å². The van der Waals surface area contributed by atoms with Gasteiger partial charge < -0.3 is 9.26 Å². The molecule has 0 spiro atoms. The molecule has 0 aliphatic carbocycles. The van der Waals surface area contributed by atoms with Gasteiger partial charge in [-0.25, -0.2) is 18.7 Å². The maximum atomic E-state index is 12.1. The molecule has 0 atom stereocenters. The average molecular weight is 270 g/mol. The van der Waals surface area contributed by atoms with Crippen LogP contribution in [-0.4, -0.2) is 39.4 Å². The van der Waals surface area contributed by atoms with Crippen LogP contribution in [0.2, 0.25) is 0 Å². The van der Waals surface area contributed by atoms with Crippen molar-refractivity contribution in [3.63, 3.8) is 0 Å². The number of alkyl halides is 2. The molecule has 0 aliphatic rings. The number of methoxy groups -OCH3 is 1. The summed E-state index contributed by atoms with van der Waals surface area (Å²) in [4.78, 5) is 22.3. The van der Waals surface area contributed by atoms with E-state index in [9.17, 15) is 13.6 Å². The molecule has 0 unspecified atom stereocenters. The molecule has 0 aromatic carbocycles. The van der Waals surface area contributed by atoms with Gasteiger partial charge in [0.15, 0.2) is 0 Å². The van der Waals surface area contributed by atoms with E-state index in [0.717, 1.165) is 0 Å². The molecular weight excluding hydrogens is 262 g/mol. The van der Waals surface area contributed by atoms with E-state index >= 15 is 0 Å². The van der Waals surface area contributed by atoms with E-state index in [0.29, 0.717) is 11.6 Å². The molecule has 0 N–H and O–H groups in total. The van der Waals surface area contributed by atoms with Gasteiger partial charge in [-0.05, 0) is 0 Å². The first kappa shape index (κ1) is 13.0. The number of carbonyl (C=O) groups is 1. The van der Waals surface area contributed by atoms with Crippen LogP contribution in [0.4, 0.5) is 8.78 Å². The Bertz CT molecular complexity index is 588. The van der Waals surface area contributed by atoms with E-state index in [2.05, 4.69) is 20.1 Å². The number of carbonyl (C=O) groups excluding carboxylic acids is 1. The van der Waals surface area contributed by atoms with Gasteiger partial charge in [-0.2, -0.15) is 4.98 Å². The van der Waals surface area contributed by atoms with Crippen molar-refractivity contribution in [2.45, 2.75) is 12.8 Å². The van der Waals surface area contributed by atoms with Crippen LogP contribution in [0.15, 0.2) is 16.9 Å². The number of rotatable bonds is 5. The van der Waals surface area contributed by atoms with E-state index in [1.165, 1.54) is 19.5 Å². The molecule has 0 saturated heterocycles. The Morgan fingerprint density at radius 3 is 2.95 bits per heavy atom. The first-order chi connectivity index (χ1) is 9.10. The lowest BCUT2D eigenvalue weighted by Gasteiger charge is -1.97. The number of ether oxygens (including phenoxy) is 1. The number of aromatic nitrogens is 4. The van der Waals surface area contributed by atoms with Gasteiger partial charge in [0.25, 0.3) is 6.43 Å². The van der Waals surface area contributed by atoms with Crippen LogP contribution >= 0.6 is 0 Å². The zero-order valence-electron chi connectivity index (χ0n) is 9.71. The van der Waals surface area contributed by atoms with Crippen LogP contribution in [0.5, 0.6) is 5.88 Å². The molecule has 9 heteroatoms. The maximum absolute atomic E-state index is 12.1. The fourth-order valence-electron chi connectivity index (χ4n) is 1.23. The van der Waals surface area contributed by atoms with Crippen molar-refractivity contribution in [3.05, 3.63) is 18.3 Å². The van der Waals surface area contributed by atoms with Gasteiger partial charge in [0.2, 0.25) is 23.4 Å². The van der Waals surface area contributed by atoms with Gasteiger partial charge in [0, 0.05) is 6.07 Å². The molecule has 19 heavy (non-hydrogen) atoms. The Morgan fingerprint density at radius 1 is 1.47 bits per heavy atom. The van der Waals surface area contributed by atoms with Crippen LogP contribution in [0.3, 0.4) is 0 Å². The van der Waals surface area contributed by atoms with E-state index in [1.807, 2.05) is 0 Å². The van der Waals surface area contributed by atoms with Crippen molar-refractivity contribution >= 4 is 5.78 Å². The second-order valence-electron chi connectivity index (χ2n) is 3.40. The van der Waals surface area contributed by atoms with E-state index in [4.69, 9.17) is 9.26 Å². The van der Waals surface area contributed by atoms with Crippen LogP contribution in [0, 0.1) is 0 Å². The summed E-state index contributed by atoms with van der Waals surface area (Å²) in [6.45, 7) is 0. The molecule has 0 radical (unpaired) electrons. The highest BCUT2D eigenvalue weighted by Crippen LogP contribution is 2.16. The summed E-state index contributed by atoms with van der Waals surface area (Å²) < 4.78 is 33.7. The summed E-state index contributed by atoms with van der Waals surface area (Å²) in [5.74, 6) is -1.12. The molecule has 0 saturated carbocycles. The zero-order chi connectivity index (χ0) is 13.8. The summed E-state index contributed by atoms with van der Waals surface area (Å²) in [7, 11) is 1.43. The Kier molecular flexibility index (Phi) is 3.74. The van der Waals surface area contributed by atoms with E-state index in [-0.39, 0.29) is 11.7 Å². The monoisotopic (exact) mass is 270 g/mol. The molecule has 2 rings (SSSR count). The second kappa shape index (κ2) is 5.46. The predicted molar refractivity (Wildman–Crippen MR) is 56.6 cm³/mol. The number of hydrogen-bond acceptors (Lipinski definition) is 7. The van der Waals surface area contributed by atoms with Gasteiger partial charge >= 0.3 is 0 Å².